The standard InChI is InChI=1S/C15H12Br2FNO/c16-9-2-3-10-13(19)7-14(20-15(10)6-9)8-1-4-12(18)11(17)5-8/h1-6,13-14H,7,19H2/t13-,14?/m0/s1. The number of nitrogens with two attached hydrogens (primary N) is 1. The predicted molar refractivity (Wildman–Crippen MR) is 83.2 cm³/mol. The van der Waals surface area contributed by atoms with Crippen molar-refractivity contribution in [1.82, 2.24) is 0 Å². The molecule has 104 valence electrons. The maximum absolute atomic E-state index is 13.3. The van der Waals surface area contributed by atoms with Crippen LogP contribution in [0.3, 0.4) is 0 Å². The summed E-state index contributed by atoms with van der Waals surface area (Å²) in [6.45, 7) is 0. The first kappa shape index (κ1) is 14.0. The molecule has 0 aliphatic carbocycles. The number of hydrogen-bond acceptors (Lipinski definition) is 2. The van der Waals surface area contributed by atoms with Crippen LogP contribution in [-0.2, 0) is 0 Å². The third kappa shape index (κ3) is 2.62. The Bertz CT molecular complexity index is 662. The highest BCUT2D eigenvalue weighted by molar-refractivity contribution is 9.10. The van der Waals surface area contributed by atoms with Gasteiger partial charge in [-0.3, -0.25) is 0 Å². The number of fused-ring (bicyclic) bond motifs is 1. The second kappa shape index (κ2) is 5.47. The van der Waals surface area contributed by atoms with Gasteiger partial charge in [-0.15, -0.1) is 0 Å². The van der Waals surface area contributed by atoms with Gasteiger partial charge in [0.1, 0.15) is 17.7 Å². The van der Waals surface area contributed by atoms with Crippen molar-refractivity contribution in [3.8, 4) is 5.75 Å². The van der Waals surface area contributed by atoms with Crippen molar-refractivity contribution in [1.29, 1.82) is 0 Å². The van der Waals surface area contributed by atoms with Gasteiger partial charge in [0, 0.05) is 22.5 Å². The van der Waals surface area contributed by atoms with Crippen LogP contribution >= 0.6 is 31.9 Å². The fourth-order valence-electron chi connectivity index (χ4n) is 2.39. The molecule has 0 fully saturated rings. The Morgan fingerprint density at radius 2 is 1.95 bits per heavy atom. The van der Waals surface area contributed by atoms with Gasteiger partial charge in [0.2, 0.25) is 0 Å². The molecule has 20 heavy (non-hydrogen) atoms. The molecule has 2 aromatic carbocycles. The van der Waals surface area contributed by atoms with Crippen LogP contribution in [0.25, 0.3) is 0 Å². The van der Waals surface area contributed by atoms with Gasteiger partial charge >= 0.3 is 0 Å². The first-order valence-corrected chi connectivity index (χ1v) is 7.80. The first-order chi connectivity index (χ1) is 9.54. The molecule has 2 aromatic rings. The van der Waals surface area contributed by atoms with E-state index in [-0.39, 0.29) is 18.0 Å². The minimum absolute atomic E-state index is 0.0827. The van der Waals surface area contributed by atoms with Crippen molar-refractivity contribution >= 4 is 31.9 Å². The van der Waals surface area contributed by atoms with E-state index in [1.165, 1.54) is 6.07 Å². The molecule has 1 aliphatic rings. The third-order valence-corrected chi connectivity index (χ3v) is 4.53. The number of benzene rings is 2. The van der Waals surface area contributed by atoms with Crippen LogP contribution in [0.5, 0.6) is 5.75 Å². The molecule has 2 N–H and O–H groups in total. The van der Waals surface area contributed by atoms with E-state index >= 15 is 0 Å². The zero-order valence-corrected chi connectivity index (χ0v) is 13.6. The Hall–Kier alpha value is -0.910. The second-order valence-electron chi connectivity index (χ2n) is 4.80. The van der Waals surface area contributed by atoms with E-state index in [9.17, 15) is 4.39 Å². The molecule has 0 saturated heterocycles. The SMILES string of the molecule is N[C@H]1CC(c2ccc(F)c(Br)c2)Oc2cc(Br)ccc21. The summed E-state index contributed by atoms with van der Waals surface area (Å²) in [5.74, 6) is 0.501. The molecule has 0 radical (unpaired) electrons. The van der Waals surface area contributed by atoms with Gasteiger partial charge in [-0.2, -0.15) is 0 Å². The quantitative estimate of drug-likeness (QED) is 0.740. The highest BCUT2D eigenvalue weighted by Crippen LogP contribution is 2.41. The molecule has 1 aliphatic heterocycles. The summed E-state index contributed by atoms with van der Waals surface area (Å²) in [5.41, 5.74) is 8.13. The monoisotopic (exact) mass is 399 g/mol. The Morgan fingerprint density at radius 3 is 2.70 bits per heavy atom. The zero-order chi connectivity index (χ0) is 14.3. The molecule has 0 aromatic heterocycles. The lowest BCUT2D eigenvalue weighted by molar-refractivity contribution is 0.161. The molecule has 0 amide bonds. The van der Waals surface area contributed by atoms with E-state index in [0.717, 1.165) is 21.3 Å². The maximum atomic E-state index is 13.3. The van der Waals surface area contributed by atoms with E-state index in [1.807, 2.05) is 18.2 Å². The third-order valence-electron chi connectivity index (χ3n) is 3.43. The van der Waals surface area contributed by atoms with Crippen molar-refractivity contribution in [2.75, 3.05) is 0 Å². The summed E-state index contributed by atoms with van der Waals surface area (Å²) in [5, 5.41) is 0. The van der Waals surface area contributed by atoms with Crippen LogP contribution in [0.1, 0.15) is 29.7 Å². The average Bonchev–Trinajstić information content (AvgIpc) is 2.41. The van der Waals surface area contributed by atoms with Crippen molar-refractivity contribution in [2.24, 2.45) is 5.73 Å². The summed E-state index contributed by atoms with van der Waals surface area (Å²) in [6, 6.07) is 10.7. The Morgan fingerprint density at radius 1 is 1.15 bits per heavy atom. The topological polar surface area (TPSA) is 35.2 Å². The van der Waals surface area contributed by atoms with Crippen molar-refractivity contribution in [3.63, 3.8) is 0 Å². The minimum atomic E-state index is -0.281. The van der Waals surface area contributed by atoms with Gasteiger partial charge in [0.05, 0.1) is 4.47 Å². The first-order valence-electron chi connectivity index (χ1n) is 6.21. The zero-order valence-electron chi connectivity index (χ0n) is 10.4. The van der Waals surface area contributed by atoms with Crippen molar-refractivity contribution < 1.29 is 9.13 Å². The molecule has 2 atom stereocenters. The maximum Gasteiger partial charge on any atom is 0.137 e. The second-order valence-corrected chi connectivity index (χ2v) is 6.57. The highest BCUT2D eigenvalue weighted by atomic mass is 79.9. The van der Waals surface area contributed by atoms with E-state index in [4.69, 9.17) is 10.5 Å². The summed E-state index contributed by atoms with van der Waals surface area (Å²) in [4.78, 5) is 0. The lowest BCUT2D eigenvalue weighted by atomic mass is 9.94. The molecular weight excluding hydrogens is 389 g/mol. The van der Waals surface area contributed by atoms with E-state index < -0.39 is 0 Å². The summed E-state index contributed by atoms with van der Waals surface area (Å²) >= 11 is 6.63. The van der Waals surface area contributed by atoms with Crippen LogP contribution in [0, 0.1) is 5.82 Å². The Labute approximate surface area is 133 Å². The van der Waals surface area contributed by atoms with Crippen molar-refractivity contribution in [3.05, 3.63) is 62.3 Å². The van der Waals surface area contributed by atoms with Crippen molar-refractivity contribution in [2.45, 2.75) is 18.6 Å². The van der Waals surface area contributed by atoms with Crippen LogP contribution < -0.4 is 10.5 Å². The molecule has 2 nitrogen and oxygen atoms in total. The van der Waals surface area contributed by atoms with E-state index in [1.54, 1.807) is 12.1 Å². The van der Waals surface area contributed by atoms with Crippen LogP contribution in [0.2, 0.25) is 0 Å². The van der Waals surface area contributed by atoms with Crippen LogP contribution in [0.15, 0.2) is 45.3 Å². The summed E-state index contributed by atoms with van der Waals surface area (Å²) in [6.07, 6.45) is 0.510. The van der Waals surface area contributed by atoms with Gasteiger partial charge in [-0.05, 0) is 45.8 Å². The number of hydrogen-bond donors (Lipinski definition) is 1. The lowest BCUT2D eigenvalue weighted by Crippen LogP contribution is -2.24. The fraction of sp³-hybridized carbons (Fsp3) is 0.200. The predicted octanol–water partition coefficient (Wildman–Crippen LogP) is 4.87. The normalized spacial score (nSPS) is 21.2. The number of halogens is 3. The smallest absolute Gasteiger partial charge is 0.137 e. The highest BCUT2D eigenvalue weighted by Gasteiger charge is 2.27. The molecule has 0 saturated carbocycles. The van der Waals surface area contributed by atoms with E-state index in [0.29, 0.717) is 10.9 Å². The number of ether oxygens (including phenoxy) is 1. The molecule has 3 rings (SSSR count). The molecule has 1 unspecified atom stereocenters. The lowest BCUT2D eigenvalue weighted by Gasteiger charge is -2.30. The molecule has 5 heteroatoms. The van der Waals surface area contributed by atoms with Crippen LogP contribution in [0.4, 0.5) is 4.39 Å². The van der Waals surface area contributed by atoms with Crippen LogP contribution in [-0.4, -0.2) is 0 Å². The summed E-state index contributed by atoms with van der Waals surface area (Å²) < 4.78 is 20.7. The largest absolute Gasteiger partial charge is 0.485 e. The van der Waals surface area contributed by atoms with Gasteiger partial charge < -0.3 is 10.5 Å². The number of rotatable bonds is 1. The fourth-order valence-corrected chi connectivity index (χ4v) is 3.13. The Kier molecular flexibility index (Phi) is 3.84. The van der Waals surface area contributed by atoms with Gasteiger partial charge in [-0.1, -0.05) is 28.1 Å². The minimum Gasteiger partial charge on any atom is -0.485 e. The van der Waals surface area contributed by atoms with Gasteiger partial charge in [-0.25, -0.2) is 4.39 Å². The Balaban J connectivity index is 1.96. The van der Waals surface area contributed by atoms with E-state index in [2.05, 4.69) is 31.9 Å². The molecule has 0 spiro atoms. The molecule has 1 heterocycles. The van der Waals surface area contributed by atoms with Gasteiger partial charge in [0.15, 0.2) is 0 Å². The summed E-state index contributed by atoms with van der Waals surface area (Å²) in [7, 11) is 0. The van der Waals surface area contributed by atoms with Gasteiger partial charge in [0.25, 0.3) is 0 Å². The molecular formula is C15H12Br2FNO. The molecule has 0 bridgehead atoms. The average molecular weight is 401 g/mol.